The Kier molecular flexibility index (Phi) is 6.00. The van der Waals surface area contributed by atoms with Crippen LogP contribution in [0.5, 0.6) is 0 Å². The van der Waals surface area contributed by atoms with Gasteiger partial charge < -0.3 is 5.32 Å². The highest BCUT2D eigenvalue weighted by atomic mass is 35.5. The van der Waals surface area contributed by atoms with Crippen LogP contribution in [0.15, 0.2) is 77.7 Å². The van der Waals surface area contributed by atoms with Crippen molar-refractivity contribution >= 4 is 44.7 Å². The van der Waals surface area contributed by atoms with Crippen molar-refractivity contribution in [2.75, 3.05) is 10.0 Å². The third-order valence-electron chi connectivity index (χ3n) is 4.04. The van der Waals surface area contributed by atoms with Crippen molar-refractivity contribution in [1.82, 2.24) is 0 Å². The van der Waals surface area contributed by atoms with Gasteiger partial charge in [-0.2, -0.15) is 0 Å². The third-order valence-corrected chi connectivity index (χ3v) is 5.90. The second-order valence-corrected chi connectivity index (χ2v) is 8.27. The summed E-state index contributed by atoms with van der Waals surface area (Å²) < 4.78 is 27.9. The second-order valence-electron chi connectivity index (χ2n) is 6.21. The van der Waals surface area contributed by atoms with E-state index in [1.165, 1.54) is 25.1 Å². The Balaban J connectivity index is 1.87. The fourth-order valence-electron chi connectivity index (χ4n) is 2.59. The Morgan fingerprint density at radius 2 is 1.52 bits per heavy atom. The number of sulfonamides is 1. The first kappa shape index (κ1) is 20.6. The van der Waals surface area contributed by atoms with Gasteiger partial charge in [0.25, 0.3) is 15.9 Å². The normalized spacial score (nSPS) is 11.0. The van der Waals surface area contributed by atoms with Crippen molar-refractivity contribution in [3.05, 3.63) is 88.9 Å². The van der Waals surface area contributed by atoms with E-state index in [1.807, 2.05) is 0 Å². The molecule has 148 valence electrons. The van der Waals surface area contributed by atoms with Crippen molar-refractivity contribution in [2.24, 2.45) is 0 Å². The minimum Gasteiger partial charge on any atom is -0.322 e. The topological polar surface area (TPSA) is 92.3 Å². The zero-order valence-corrected chi connectivity index (χ0v) is 16.9. The second kappa shape index (κ2) is 8.46. The van der Waals surface area contributed by atoms with E-state index in [-0.39, 0.29) is 21.3 Å². The van der Waals surface area contributed by atoms with Crippen molar-refractivity contribution in [2.45, 2.75) is 11.8 Å². The van der Waals surface area contributed by atoms with E-state index in [0.29, 0.717) is 16.9 Å². The maximum absolute atomic E-state index is 12.7. The van der Waals surface area contributed by atoms with Crippen LogP contribution < -0.4 is 10.0 Å². The molecule has 0 aliphatic carbocycles. The first-order chi connectivity index (χ1) is 13.8. The van der Waals surface area contributed by atoms with Gasteiger partial charge in [0.2, 0.25) is 0 Å². The van der Waals surface area contributed by atoms with Crippen LogP contribution in [0, 0.1) is 0 Å². The Morgan fingerprint density at radius 1 is 0.828 bits per heavy atom. The lowest BCUT2D eigenvalue weighted by Gasteiger charge is -2.11. The summed E-state index contributed by atoms with van der Waals surface area (Å²) in [6, 6.07) is 18.8. The number of amides is 1. The number of anilines is 2. The van der Waals surface area contributed by atoms with Crippen LogP contribution in [0.25, 0.3) is 0 Å². The lowest BCUT2D eigenvalue weighted by molar-refractivity contribution is 0.101. The largest absolute Gasteiger partial charge is 0.322 e. The molecule has 3 aromatic rings. The lowest BCUT2D eigenvalue weighted by Crippen LogP contribution is -2.16. The summed E-state index contributed by atoms with van der Waals surface area (Å²) in [5, 5.41) is 2.64. The molecule has 0 aromatic heterocycles. The Hall–Kier alpha value is -3.16. The van der Waals surface area contributed by atoms with Gasteiger partial charge >= 0.3 is 0 Å². The van der Waals surface area contributed by atoms with E-state index in [1.54, 1.807) is 54.6 Å². The molecule has 8 heteroatoms. The van der Waals surface area contributed by atoms with E-state index >= 15 is 0 Å². The first-order valence-corrected chi connectivity index (χ1v) is 10.4. The summed E-state index contributed by atoms with van der Waals surface area (Å²) in [4.78, 5) is 23.9. The Labute approximate surface area is 173 Å². The Morgan fingerprint density at radius 3 is 2.21 bits per heavy atom. The molecule has 3 aromatic carbocycles. The van der Waals surface area contributed by atoms with Gasteiger partial charge in [0.1, 0.15) is 4.90 Å². The number of ketones is 1. The predicted molar refractivity (Wildman–Crippen MR) is 113 cm³/mol. The number of halogens is 1. The summed E-state index contributed by atoms with van der Waals surface area (Å²) in [5.74, 6) is -0.661. The molecule has 0 bridgehead atoms. The fourth-order valence-corrected chi connectivity index (χ4v) is 4.17. The highest BCUT2D eigenvalue weighted by molar-refractivity contribution is 7.92. The molecule has 0 aliphatic heterocycles. The third kappa shape index (κ3) is 5.01. The number of rotatable bonds is 6. The highest BCUT2D eigenvalue weighted by Gasteiger charge is 2.20. The molecule has 6 nitrogen and oxygen atoms in total. The molecule has 0 saturated heterocycles. The summed E-state index contributed by atoms with van der Waals surface area (Å²) in [7, 11) is -4.00. The molecular weight excluding hydrogens is 412 g/mol. The van der Waals surface area contributed by atoms with Crippen LogP contribution in [0.4, 0.5) is 11.4 Å². The molecule has 3 rings (SSSR count). The van der Waals surface area contributed by atoms with Gasteiger partial charge in [-0.1, -0.05) is 41.9 Å². The monoisotopic (exact) mass is 428 g/mol. The molecule has 1 amide bonds. The lowest BCUT2D eigenvalue weighted by atomic mass is 10.1. The van der Waals surface area contributed by atoms with Crippen molar-refractivity contribution in [3.63, 3.8) is 0 Å². The van der Waals surface area contributed by atoms with Gasteiger partial charge in [-0.3, -0.25) is 14.3 Å². The van der Waals surface area contributed by atoms with Crippen LogP contribution in [0.1, 0.15) is 27.6 Å². The minimum atomic E-state index is -4.00. The van der Waals surface area contributed by atoms with E-state index in [0.717, 1.165) is 0 Å². The standard InChI is InChI=1S/C21H17ClN2O4S/c1-14(25)15-6-5-9-18(12-15)23-21(26)16-10-11-19(22)20(13-16)29(27,28)24-17-7-3-2-4-8-17/h2-13,24H,1H3,(H,23,26). The number of benzene rings is 3. The van der Waals surface area contributed by atoms with E-state index in [2.05, 4.69) is 10.0 Å². The fraction of sp³-hybridized carbons (Fsp3) is 0.0476. The zero-order chi connectivity index (χ0) is 21.0. The molecule has 0 atom stereocenters. The summed E-state index contributed by atoms with van der Waals surface area (Å²) in [6.07, 6.45) is 0. The molecular formula is C21H17ClN2O4S. The molecule has 0 saturated carbocycles. The van der Waals surface area contributed by atoms with Gasteiger partial charge in [-0.05, 0) is 49.4 Å². The molecule has 0 heterocycles. The van der Waals surface area contributed by atoms with Crippen LogP contribution >= 0.6 is 11.6 Å². The number of hydrogen-bond acceptors (Lipinski definition) is 4. The number of para-hydroxylation sites is 1. The van der Waals surface area contributed by atoms with Crippen molar-refractivity contribution in [3.8, 4) is 0 Å². The number of hydrogen-bond donors (Lipinski definition) is 2. The summed E-state index contributed by atoms with van der Waals surface area (Å²) in [6.45, 7) is 1.43. The molecule has 2 N–H and O–H groups in total. The van der Waals surface area contributed by atoms with Gasteiger partial charge in [0.05, 0.1) is 5.02 Å². The van der Waals surface area contributed by atoms with Gasteiger partial charge in [-0.25, -0.2) is 8.42 Å². The van der Waals surface area contributed by atoms with Crippen molar-refractivity contribution in [1.29, 1.82) is 0 Å². The van der Waals surface area contributed by atoms with E-state index < -0.39 is 15.9 Å². The number of nitrogens with one attached hydrogen (secondary N) is 2. The number of carbonyl (C=O) groups excluding carboxylic acids is 2. The summed E-state index contributed by atoms with van der Waals surface area (Å²) >= 11 is 6.08. The molecule has 0 radical (unpaired) electrons. The molecule has 29 heavy (non-hydrogen) atoms. The maximum atomic E-state index is 12.7. The van der Waals surface area contributed by atoms with Crippen LogP contribution in [-0.2, 0) is 10.0 Å². The predicted octanol–water partition coefficient (Wildman–Crippen LogP) is 4.60. The minimum absolute atomic E-state index is 0.0106. The molecule has 0 fully saturated rings. The van der Waals surface area contributed by atoms with Gasteiger partial charge in [-0.15, -0.1) is 0 Å². The SMILES string of the molecule is CC(=O)c1cccc(NC(=O)c2ccc(Cl)c(S(=O)(=O)Nc3ccccc3)c2)c1. The van der Waals surface area contributed by atoms with Crippen LogP contribution in [0.3, 0.4) is 0 Å². The average molecular weight is 429 g/mol. The van der Waals surface area contributed by atoms with E-state index in [9.17, 15) is 18.0 Å². The Bertz CT molecular complexity index is 1180. The van der Waals surface area contributed by atoms with Crippen molar-refractivity contribution < 1.29 is 18.0 Å². The molecule has 0 aliphatic rings. The number of carbonyl (C=O) groups is 2. The summed E-state index contributed by atoms with van der Waals surface area (Å²) in [5.41, 5.74) is 1.36. The zero-order valence-electron chi connectivity index (χ0n) is 15.3. The number of Topliss-reactive ketones (excluding diaryl/α,β-unsaturated/α-hetero) is 1. The van der Waals surface area contributed by atoms with Gasteiger partial charge in [0, 0.05) is 22.5 Å². The molecule has 0 spiro atoms. The van der Waals surface area contributed by atoms with Gasteiger partial charge in [0.15, 0.2) is 5.78 Å². The maximum Gasteiger partial charge on any atom is 0.263 e. The van der Waals surface area contributed by atoms with E-state index in [4.69, 9.17) is 11.6 Å². The average Bonchev–Trinajstić information content (AvgIpc) is 2.68. The van der Waals surface area contributed by atoms with Crippen LogP contribution in [0.2, 0.25) is 5.02 Å². The smallest absolute Gasteiger partial charge is 0.263 e. The first-order valence-electron chi connectivity index (χ1n) is 8.56. The quantitative estimate of drug-likeness (QED) is 0.561. The van der Waals surface area contributed by atoms with Crippen LogP contribution in [-0.4, -0.2) is 20.1 Å². The highest BCUT2D eigenvalue weighted by Crippen LogP contribution is 2.25. The molecule has 0 unspecified atom stereocenters.